The van der Waals surface area contributed by atoms with Crippen molar-refractivity contribution in [3.63, 3.8) is 0 Å². The predicted octanol–water partition coefficient (Wildman–Crippen LogP) is 1.34. The number of rotatable bonds is 1. The molecule has 1 aliphatic heterocycles. The molecule has 2 aliphatic rings. The molecular formula is C8H10N. The van der Waals surface area contributed by atoms with E-state index in [0.29, 0.717) is 0 Å². The molecule has 1 fully saturated rings. The van der Waals surface area contributed by atoms with Gasteiger partial charge in [0.15, 0.2) is 0 Å². The summed E-state index contributed by atoms with van der Waals surface area (Å²) in [4.78, 5) is 2.35. The lowest BCUT2D eigenvalue weighted by atomic mass is 10.3. The third kappa shape index (κ3) is 0.995. The lowest BCUT2D eigenvalue weighted by molar-refractivity contribution is 0.397. The Bertz CT molecular complexity index is 154. The maximum absolute atomic E-state index is 3.17. The quantitative estimate of drug-likeness (QED) is 0.504. The smallest absolute Gasteiger partial charge is 0.0430 e. The van der Waals surface area contributed by atoms with Crippen molar-refractivity contribution >= 4 is 0 Å². The van der Waals surface area contributed by atoms with E-state index < -0.39 is 0 Å². The fourth-order valence-electron chi connectivity index (χ4n) is 1.09. The molecule has 0 aromatic heterocycles. The molecule has 0 N–H and O–H groups in total. The third-order valence-electron chi connectivity index (χ3n) is 1.78. The van der Waals surface area contributed by atoms with Gasteiger partial charge in [0, 0.05) is 12.6 Å². The van der Waals surface area contributed by atoms with Crippen LogP contribution in [0, 0.1) is 6.08 Å². The lowest BCUT2D eigenvalue weighted by Crippen LogP contribution is -2.20. The average molecular weight is 120 g/mol. The molecule has 0 aromatic rings. The Labute approximate surface area is 55.7 Å². The van der Waals surface area contributed by atoms with Crippen LogP contribution < -0.4 is 0 Å². The van der Waals surface area contributed by atoms with Gasteiger partial charge in [0.1, 0.15) is 0 Å². The summed E-state index contributed by atoms with van der Waals surface area (Å²) in [5.41, 5.74) is 0. The van der Waals surface area contributed by atoms with Crippen molar-refractivity contribution in [2.75, 3.05) is 6.54 Å². The van der Waals surface area contributed by atoms with Crippen molar-refractivity contribution in [1.82, 2.24) is 4.90 Å². The van der Waals surface area contributed by atoms with Crippen LogP contribution in [0.4, 0.5) is 0 Å². The van der Waals surface area contributed by atoms with E-state index in [1.165, 1.54) is 12.8 Å². The van der Waals surface area contributed by atoms with Crippen LogP contribution in [0.5, 0.6) is 0 Å². The molecule has 1 radical (unpaired) electrons. The zero-order valence-electron chi connectivity index (χ0n) is 5.38. The minimum atomic E-state index is 0.849. The van der Waals surface area contributed by atoms with E-state index in [2.05, 4.69) is 23.3 Å². The Balaban J connectivity index is 1.98. The molecule has 1 saturated carbocycles. The van der Waals surface area contributed by atoms with Crippen LogP contribution in [0.15, 0.2) is 18.4 Å². The topological polar surface area (TPSA) is 3.24 Å². The largest absolute Gasteiger partial charge is 0.370 e. The maximum atomic E-state index is 3.17. The van der Waals surface area contributed by atoms with Gasteiger partial charge in [-0.2, -0.15) is 0 Å². The zero-order chi connectivity index (χ0) is 6.10. The molecule has 9 heavy (non-hydrogen) atoms. The Morgan fingerprint density at radius 2 is 2.33 bits per heavy atom. The first kappa shape index (κ1) is 5.10. The van der Waals surface area contributed by atoms with E-state index in [1.54, 1.807) is 0 Å². The van der Waals surface area contributed by atoms with E-state index in [9.17, 15) is 0 Å². The summed E-state index contributed by atoms with van der Waals surface area (Å²) in [6.45, 7) is 1.00. The maximum Gasteiger partial charge on any atom is 0.0430 e. The number of allylic oxidation sites excluding steroid dienone is 2. The Morgan fingerprint density at radius 3 is 2.89 bits per heavy atom. The zero-order valence-corrected chi connectivity index (χ0v) is 5.38. The normalized spacial score (nSPS) is 25.1. The standard InChI is InChI=1S/C8H10N/c1-2-6-9(7-3-1)8-4-5-8/h1-2,6,8H,4-5,7H2. The summed E-state index contributed by atoms with van der Waals surface area (Å²) in [5, 5.41) is 0. The molecular weight excluding hydrogens is 110 g/mol. The van der Waals surface area contributed by atoms with Gasteiger partial charge in [-0.15, -0.1) is 0 Å². The van der Waals surface area contributed by atoms with Gasteiger partial charge in [-0.1, -0.05) is 6.08 Å². The Hall–Kier alpha value is -0.720. The molecule has 0 unspecified atom stereocenters. The molecule has 1 heterocycles. The summed E-state index contributed by atoms with van der Waals surface area (Å²) < 4.78 is 0. The van der Waals surface area contributed by atoms with Crippen LogP contribution in [0.2, 0.25) is 0 Å². The first-order valence-corrected chi connectivity index (χ1v) is 3.46. The van der Waals surface area contributed by atoms with Crippen molar-refractivity contribution in [1.29, 1.82) is 0 Å². The minimum Gasteiger partial charge on any atom is -0.370 e. The van der Waals surface area contributed by atoms with Gasteiger partial charge in [0.25, 0.3) is 0 Å². The highest BCUT2D eigenvalue weighted by Gasteiger charge is 2.26. The van der Waals surface area contributed by atoms with E-state index >= 15 is 0 Å². The van der Waals surface area contributed by atoms with Gasteiger partial charge >= 0.3 is 0 Å². The molecule has 0 bridgehead atoms. The highest BCUT2D eigenvalue weighted by Crippen LogP contribution is 2.27. The second kappa shape index (κ2) is 1.90. The molecule has 0 aromatic carbocycles. The molecule has 1 heteroatoms. The van der Waals surface area contributed by atoms with E-state index in [0.717, 1.165) is 12.6 Å². The van der Waals surface area contributed by atoms with Crippen molar-refractivity contribution in [3.8, 4) is 0 Å². The van der Waals surface area contributed by atoms with Crippen molar-refractivity contribution in [2.45, 2.75) is 18.9 Å². The van der Waals surface area contributed by atoms with Crippen LogP contribution >= 0.6 is 0 Å². The summed E-state index contributed by atoms with van der Waals surface area (Å²) in [5.74, 6) is 0. The van der Waals surface area contributed by atoms with Gasteiger partial charge in [0.05, 0.1) is 0 Å². The Morgan fingerprint density at radius 1 is 1.44 bits per heavy atom. The fraction of sp³-hybridized carbons (Fsp3) is 0.500. The number of nitrogens with zero attached hydrogens (tertiary/aromatic N) is 1. The number of hydrogen-bond donors (Lipinski definition) is 0. The fourth-order valence-corrected chi connectivity index (χ4v) is 1.09. The summed E-state index contributed by atoms with van der Waals surface area (Å²) >= 11 is 0. The van der Waals surface area contributed by atoms with Crippen molar-refractivity contribution in [3.05, 3.63) is 24.4 Å². The predicted molar refractivity (Wildman–Crippen MR) is 36.7 cm³/mol. The van der Waals surface area contributed by atoms with Gasteiger partial charge < -0.3 is 4.90 Å². The number of hydrogen-bond acceptors (Lipinski definition) is 1. The van der Waals surface area contributed by atoms with Crippen LogP contribution in [-0.2, 0) is 0 Å². The SMILES string of the molecule is [C]1=CC=CN(C2CC2)C1. The van der Waals surface area contributed by atoms with E-state index in [1.807, 2.05) is 6.08 Å². The molecule has 47 valence electrons. The van der Waals surface area contributed by atoms with Gasteiger partial charge in [-0.05, 0) is 31.2 Å². The lowest BCUT2D eigenvalue weighted by Gasteiger charge is -2.18. The van der Waals surface area contributed by atoms with E-state index in [4.69, 9.17) is 0 Å². The molecule has 2 rings (SSSR count). The van der Waals surface area contributed by atoms with E-state index in [-0.39, 0.29) is 0 Å². The van der Waals surface area contributed by atoms with Crippen molar-refractivity contribution < 1.29 is 0 Å². The average Bonchev–Trinajstić information content (AvgIpc) is 2.71. The first-order chi connectivity index (χ1) is 4.47. The van der Waals surface area contributed by atoms with Crippen LogP contribution in [0.25, 0.3) is 0 Å². The van der Waals surface area contributed by atoms with Crippen LogP contribution in [0.1, 0.15) is 12.8 Å². The molecule has 0 spiro atoms. The highest BCUT2D eigenvalue weighted by atomic mass is 15.2. The minimum absolute atomic E-state index is 0.849. The molecule has 1 nitrogen and oxygen atoms in total. The van der Waals surface area contributed by atoms with Crippen LogP contribution in [0.3, 0.4) is 0 Å². The summed E-state index contributed by atoms with van der Waals surface area (Å²) in [6.07, 6.45) is 12.1. The van der Waals surface area contributed by atoms with Gasteiger partial charge in [0.2, 0.25) is 0 Å². The molecule has 0 atom stereocenters. The molecule has 0 amide bonds. The van der Waals surface area contributed by atoms with Crippen LogP contribution in [-0.4, -0.2) is 17.5 Å². The summed E-state index contributed by atoms with van der Waals surface area (Å²) in [7, 11) is 0. The first-order valence-electron chi connectivity index (χ1n) is 3.46. The highest BCUT2D eigenvalue weighted by molar-refractivity contribution is 5.07. The monoisotopic (exact) mass is 120 g/mol. The van der Waals surface area contributed by atoms with Gasteiger partial charge in [-0.25, -0.2) is 0 Å². The second-order valence-electron chi connectivity index (χ2n) is 2.62. The molecule has 1 aliphatic carbocycles. The third-order valence-corrected chi connectivity index (χ3v) is 1.78. The second-order valence-corrected chi connectivity index (χ2v) is 2.62. The van der Waals surface area contributed by atoms with Gasteiger partial charge in [-0.3, -0.25) is 0 Å². The summed E-state index contributed by atoms with van der Waals surface area (Å²) in [6, 6.07) is 0.849. The molecule has 0 saturated heterocycles. The Kier molecular flexibility index (Phi) is 1.08. The van der Waals surface area contributed by atoms with Crippen molar-refractivity contribution in [2.24, 2.45) is 0 Å².